The van der Waals surface area contributed by atoms with Gasteiger partial charge in [0.2, 0.25) is 11.7 Å². The number of ether oxygens (including phenoxy) is 3. The molecule has 676 valence electrons. The number of carbonyl (C=O) groups excluding carboxylic acids is 4. The minimum Gasteiger partial charge on any atom is -0.460 e. The standard InChI is InChI=1S/C23H22ClF3N4O2S.C23H21ClN8OS.2C23H25ClN4O2S/c1-11-12(2)34-20-17(11)18(13-6-8-14(24)9-7-13)28-15(10-16(32)33-22(3,4)5)19-29-30-21(31(19)20)23(25,26)27;1-12-13(2)34-23-20(12)21(15-4-6-16(24)7-5-15)28-17(22-31-29-14(3)32(22)23)10-19(33)30-27-11-18-25-8-9-26-18;2*1-12-13(2)31-22-19(12)20(15-7-9-16(24)10-8-15)25-17(11-18(29)30-23(4,5)6)21-27-26-14(3)28(21)22/h6-9,15H,10H2,1-5H3;4-9,11,17H,10H2,1-3H3,(H,25,26)(H,30,33);2*7-10,17H,11H2,1-6H3/b;27-11+;;. The zero-order valence-corrected chi connectivity index (χ0v) is 81.1. The molecule has 27 nitrogen and oxygen atoms in total. The second kappa shape index (κ2) is 37.8. The van der Waals surface area contributed by atoms with Crippen molar-refractivity contribution in [3.8, 4) is 20.0 Å². The Hall–Kier alpha value is -11.4. The van der Waals surface area contributed by atoms with Crippen molar-refractivity contribution in [3.05, 3.63) is 268 Å². The van der Waals surface area contributed by atoms with Crippen LogP contribution >= 0.6 is 91.8 Å². The van der Waals surface area contributed by atoms with E-state index in [0.717, 1.165) is 115 Å². The molecule has 4 aliphatic rings. The zero-order chi connectivity index (χ0) is 93.8. The van der Waals surface area contributed by atoms with Crippen LogP contribution < -0.4 is 5.43 Å². The minimum absolute atomic E-state index is 0.0533. The van der Waals surface area contributed by atoms with E-state index >= 15 is 0 Å². The minimum atomic E-state index is -4.75. The molecule has 4 aliphatic heterocycles. The van der Waals surface area contributed by atoms with Gasteiger partial charge < -0.3 is 19.2 Å². The maximum atomic E-state index is 14.0. The number of halogens is 7. The average molecular weight is 1920 g/mol. The lowest BCUT2D eigenvalue weighted by atomic mass is 9.99. The van der Waals surface area contributed by atoms with Crippen LogP contribution in [0.25, 0.3) is 20.0 Å². The number of alkyl halides is 3. The smallest absolute Gasteiger partial charge is 0.452 e. The summed E-state index contributed by atoms with van der Waals surface area (Å²) < 4.78 is 65.5. The van der Waals surface area contributed by atoms with E-state index in [1.54, 1.807) is 91.4 Å². The van der Waals surface area contributed by atoms with Crippen molar-refractivity contribution < 1.29 is 46.6 Å². The second-order valence-electron chi connectivity index (χ2n) is 34.2. The first kappa shape index (κ1) is 94.7. The Morgan fingerprint density at radius 1 is 0.408 bits per heavy atom. The summed E-state index contributed by atoms with van der Waals surface area (Å²) in [4.78, 5) is 82.3. The van der Waals surface area contributed by atoms with Gasteiger partial charge in [-0.3, -0.25) is 57.4 Å². The van der Waals surface area contributed by atoms with Crippen LogP contribution in [-0.2, 0) is 39.6 Å². The van der Waals surface area contributed by atoms with Gasteiger partial charge in [-0.25, -0.2) is 10.4 Å². The number of imidazole rings is 1. The highest BCUT2D eigenvalue weighted by Crippen LogP contribution is 2.47. The third-order valence-electron chi connectivity index (χ3n) is 21.1. The summed E-state index contributed by atoms with van der Waals surface area (Å²) in [5.41, 5.74) is 14.9. The Balaban J connectivity index is 0.000000140. The highest BCUT2D eigenvalue weighted by atomic mass is 35.5. The zero-order valence-electron chi connectivity index (χ0n) is 74.8. The number of hydrogen-bond donors (Lipinski definition) is 2. The van der Waals surface area contributed by atoms with Crippen molar-refractivity contribution >= 4 is 145 Å². The topological polar surface area (TPSA) is 321 Å². The van der Waals surface area contributed by atoms with Crippen LogP contribution in [-0.4, -0.2) is 139 Å². The fourth-order valence-corrected chi connectivity index (χ4v) is 20.3. The first-order chi connectivity index (χ1) is 61.3. The molecule has 17 rings (SSSR count). The molecule has 0 saturated heterocycles. The summed E-state index contributed by atoms with van der Waals surface area (Å²) in [5, 5.41) is 43.3. The Kier molecular flexibility index (Phi) is 27.6. The summed E-state index contributed by atoms with van der Waals surface area (Å²) >= 11 is 30.7. The molecule has 0 saturated carbocycles. The third kappa shape index (κ3) is 20.7. The predicted molar refractivity (Wildman–Crippen MR) is 504 cm³/mol. The fourth-order valence-electron chi connectivity index (χ4n) is 14.9. The van der Waals surface area contributed by atoms with Crippen molar-refractivity contribution in [1.82, 2.24) is 74.5 Å². The summed E-state index contributed by atoms with van der Waals surface area (Å²) in [6, 6.07) is 27.1. The normalized spacial score (nSPS) is 15.6. The van der Waals surface area contributed by atoms with E-state index < -0.39 is 58.9 Å². The number of fused-ring (bicyclic) bond motifs is 12. The van der Waals surface area contributed by atoms with E-state index in [1.807, 2.05) is 163 Å². The maximum absolute atomic E-state index is 14.0. The van der Waals surface area contributed by atoms with Crippen LogP contribution in [0.3, 0.4) is 0 Å². The molecule has 1 amide bonds. The fraction of sp³-hybridized carbons (Fsp3) is 0.348. The molecule has 130 heavy (non-hydrogen) atoms. The lowest BCUT2D eigenvalue weighted by Gasteiger charge is -2.21. The molecule has 0 bridgehead atoms. The van der Waals surface area contributed by atoms with Gasteiger partial charge in [0.15, 0.2) is 23.3 Å². The number of aromatic amines is 1. The van der Waals surface area contributed by atoms with Gasteiger partial charge in [-0.15, -0.1) is 86.1 Å². The van der Waals surface area contributed by atoms with Crippen LogP contribution in [0.4, 0.5) is 13.2 Å². The Morgan fingerprint density at radius 3 is 0.946 bits per heavy atom. The first-order valence-electron chi connectivity index (χ1n) is 41.3. The molecule has 0 spiro atoms. The SMILES string of the molecule is Cc1sc2c(c1C)C(c1ccc(Cl)cc1)=NC(CC(=O)N/N=C/c1ncc[nH]1)c1nnc(C)n1-2.Cc1sc2c(c1C)C(c1ccc(Cl)cc1)=NC(CC(=O)OC(C)(C)C)c1nnc(C(F)(F)F)n1-2.Cc1sc2c(c1C)C(c1ccc(Cl)cc1)=NC(CC(=O)OC(C)(C)C)c1nnc(C)n1-2.Cc1sc2c(c1C)C(c1ccc(Cl)cc1)=NC(CC(=O)OC(C)(C)C)c1nnc(C)n1-2. The average Bonchev–Trinajstić information content (AvgIpc) is 1.63. The summed E-state index contributed by atoms with van der Waals surface area (Å²) in [6.07, 6.45) is -0.0916. The number of carbonyl (C=O) groups is 4. The number of rotatable bonds is 14. The van der Waals surface area contributed by atoms with Gasteiger partial charge in [-0.2, -0.15) is 18.3 Å². The summed E-state index contributed by atoms with van der Waals surface area (Å²) in [7, 11) is 0. The van der Waals surface area contributed by atoms with Crippen molar-refractivity contribution in [2.45, 2.75) is 211 Å². The molecule has 2 N–H and O–H groups in total. The third-order valence-corrected chi connectivity index (χ3v) is 26.9. The number of amides is 1. The Bertz CT molecular complexity index is 6480. The van der Waals surface area contributed by atoms with Gasteiger partial charge in [-0.05, 0) is 209 Å². The number of hydrogen-bond acceptors (Lipinski definition) is 25. The van der Waals surface area contributed by atoms with Crippen LogP contribution in [0.5, 0.6) is 0 Å². The molecular formula is C92H93Cl4F3N20O7S4. The lowest BCUT2D eigenvalue weighted by Crippen LogP contribution is -2.25. The molecular weight excluding hydrogens is 1820 g/mol. The molecule has 38 heteroatoms. The van der Waals surface area contributed by atoms with Crippen LogP contribution in [0, 0.1) is 76.2 Å². The number of nitrogens with zero attached hydrogens (tertiary/aromatic N) is 18. The molecule has 4 atom stereocenters. The quantitative estimate of drug-likeness (QED) is 0.0442. The maximum Gasteiger partial charge on any atom is 0.452 e. The van der Waals surface area contributed by atoms with E-state index in [4.69, 9.17) is 80.6 Å². The second-order valence-corrected chi connectivity index (χ2v) is 40.8. The van der Waals surface area contributed by atoms with Crippen molar-refractivity contribution in [3.63, 3.8) is 0 Å². The van der Waals surface area contributed by atoms with Crippen molar-refractivity contribution in [2.75, 3.05) is 0 Å². The molecule has 0 aliphatic carbocycles. The predicted octanol–water partition coefficient (Wildman–Crippen LogP) is 21.4. The van der Waals surface area contributed by atoms with Gasteiger partial charge in [0, 0.05) is 96.5 Å². The molecule has 4 aromatic carbocycles. The summed E-state index contributed by atoms with van der Waals surface area (Å²) in [5.74, 6) is 1.97. The number of benzene rings is 4. The van der Waals surface area contributed by atoms with E-state index in [9.17, 15) is 32.3 Å². The largest absolute Gasteiger partial charge is 0.460 e. The molecule has 0 fully saturated rings. The van der Waals surface area contributed by atoms with E-state index in [-0.39, 0.29) is 49.4 Å². The van der Waals surface area contributed by atoms with Gasteiger partial charge in [-0.1, -0.05) is 94.9 Å². The number of nitrogens with one attached hydrogen (secondary N) is 2. The molecule has 4 unspecified atom stereocenters. The highest BCUT2D eigenvalue weighted by molar-refractivity contribution is 7.16. The van der Waals surface area contributed by atoms with Gasteiger partial charge in [0.1, 0.15) is 84.3 Å². The van der Waals surface area contributed by atoms with E-state index in [1.165, 1.54) is 32.2 Å². The monoisotopic (exact) mass is 1910 g/mol. The number of thiophene rings is 4. The molecule has 0 radical (unpaired) electrons. The Labute approximate surface area is 784 Å². The number of H-pyrrole nitrogens is 1. The molecule has 9 aromatic heterocycles. The molecule has 13 aromatic rings. The summed E-state index contributed by atoms with van der Waals surface area (Å²) in [6.45, 7) is 38.3. The van der Waals surface area contributed by atoms with Gasteiger partial charge in [0.05, 0.1) is 54.7 Å². The van der Waals surface area contributed by atoms with Crippen LogP contribution in [0.1, 0.15) is 251 Å². The van der Waals surface area contributed by atoms with Gasteiger partial charge >= 0.3 is 24.1 Å². The van der Waals surface area contributed by atoms with Crippen molar-refractivity contribution in [1.29, 1.82) is 0 Å². The van der Waals surface area contributed by atoms with E-state index in [2.05, 4.69) is 103 Å². The number of hydrazone groups is 1. The van der Waals surface area contributed by atoms with Crippen LogP contribution in [0.2, 0.25) is 20.1 Å². The number of aromatic nitrogens is 14. The first-order valence-corrected chi connectivity index (χ1v) is 46.1. The highest BCUT2D eigenvalue weighted by Gasteiger charge is 2.45. The number of aryl methyl sites for hydroxylation is 7. The van der Waals surface area contributed by atoms with Gasteiger partial charge in [0.25, 0.3) is 0 Å². The number of esters is 3. The molecule has 13 heterocycles. The lowest BCUT2D eigenvalue weighted by molar-refractivity contribution is -0.156. The number of aliphatic imine (C=N–C) groups is 4. The van der Waals surface area contributed by atoms with Crippen LogP contribution in [0.15, 0.2) is 135 Å². The van der Waals surface area contributed by atoms with Crippen molar-refractivity contribution in [2.24, 2.45) is 25.1 Å². The van der Waals surface area contributed by atoms with E-state index in [0.29, 0.717) is 65.2 Å². The Morgan fingerprint density at radius 2 is 0.677 bits per heavy atom.